The van der Waals surface area contributed by atoms with Gasteiger partial charge in [-0.25, -0.2) is 17.6 Å². The molecule has 1 atom stereocenters. The third-order valence-corrected chi connectivity index (χ3v) is 4.87. The van der Waals surface area contributed by atoms with Gasteiger partial charge in [-0.1, -0.05) is 0 Å². The second kappa shape index (κ2) is 5.77. The van der Waals surface area contributed by atoms with E-state index in [2.05, 4.69) is 0 Å². The molecule has 112 valence electrons. The quantitative estimate of drug-likeness (QED) is 0.867. The molecule has 1 saturated heterocycles. The summed E-state index contributed by atoms with van der Waals surface area (Å²) in [6, 6.07) is 4.37. The predicted molar refractivity (Wildman–Crippen MR) is 67.5 cm³/mol. The lowest BCUT2D eigenvalue weighted by atomic mass is 10.2. The molecule has 0 spiro atoms. The molecule has 2 rings (SSSR count). The lowest BCUT2D eigenvalue weighted by Gasteiger charge is -2.29. The van der Waals surface area contributed by atoms with Crippen LogP contribution < -0.4 is 0 Å². The van der Waals surface area contributed by atoms with Gasteiger partial charge in [0.1, 0.15) is 10.7 Å². The SMILES string of the molecule is N#CC1CN(S(=O)(=O)c2ccc(C(=O)O)cc2F)CCO1. The second-order valence-corrected chi connectivity index (χ2v) is 6.21. The fourth-order valence-electron chi connectivity index (χ4n) is 1.90. The molecule has 1 aliphatic heterocycles. The summed E-state index contributed by atoms with van der Waals surface area (Å²) in [5.41, 5.74) is -0.344. The number of hydrogen-bond donors (Lipinski definition) is 1. The molecule has 0 amide bonds. The van der Waals surface area contributed by atoms with Crippen LogP contribution in [0.3, 0.4) is 0 Å². The smallest absolute Gasteiger partial charge is 0.335 e. The third kappa shape index (κ3) is 3.02. The molecule has 0 aliphatic carbocycles. The molecule has 21 heavy (non-hydrogen) atoms. The number of carboxylic acids is 1. The molecule has 1 aromatic rings. The molecule has 1 heterocycles. The number of aromatic carboxylic acids is 1. The molecule has 0 bridgehead atoms. The highest BCUT2D eigenvalue weighted by Crippen LogP contribution is 2.22. The van der Waals surface area contributed by atoms with Crippen molar-refractivity contribution in [2.45, 2.75) is 11.0 Å². The van der Waals surface area contributed by atoms with Crippen molar-refractivity contribution in [1.29, 1.82) is 5.26 Å². The van der Waals surface area contributed by atoms with Gasteiger partial charge in [0, 0.05) is 6.54 Å². The molecular weight excluding hydrogens is 303 g/mol. The van der Waals surface area contributed by atoms with E-state index in [4.69, 9.17) is 15.1 Å². The largest absolute Gasteiger partial charge is 0.478 e. The van der Waals surface area contributed by atoms with E-state index >= 15 is 0 Å². The first kappa shape index (κ1) is 15.4. The lowest BCUT2D eigenvalue weighted by molar-refractivity contribution is 0.0311. The Balaban J connectivity index is 2.36. The van der Waals surface area contributed by atoms with Crippen LogP contribution in [0, 0.1) is 17.1 Å². The van der Waals surface area contributed by atoms with Crippen molar-refractivity contribution in [3.05, 3.63) is 29.6 Å². The number of sulfonamides is 1. The fraction of sp³-hybridized carbons (Fsp3) is 0.333. The second-order valence-electron chi connectivity index (χ2n) is 4.30. The first-order valence-corrected chi connectivity index (χ1v) is 7.34. The van der Waals surface area contributed by atoms with E-state index in [1.165, 1.54) is 0 Å². The number of hydrogen-bond acceptors (Lipinski definition) is 5. The number of nitrogens with zero attached hydrogens (tertiary/aromatic N) is 2. The van der Waals surface area contributed by atoms with Crippen molar-refractivity contribution in [3.63, 3.8) is 0 Å². The van der Waals surface area contributed by atoms with E-state index in [0.717, 1.165) is 16.4 Å². The summed E-state index contributed by atoms with van der Waals surface area (Å²) in [4.78, 5) is 10.1. The van der Waals surface area contributed by atoms with Gasteiger partial charge in [0.25, 0.3) is 0 Å². The van der Waals surface area contributed by atoms with Gasteiger partial charge in [-0.05, 0) is 18.2 Å². The Kier molecular flexibility index (Phi) is 4.22. The Morgan fingerprint density at radius 1 is 1.52 bits per heavy atom. The number of halogens is 1. The van der Waals surface area contributed by atoms with E-state index in [-0.39, 0.29) is 25.3 Å². The molecule has 1 N–H and O–H groups in total. The third-order valence-electron chi connectivity index (χ3n) is 2.97. The minimum absolute atomic E-state index is 0.000630. The van der Waals surface area contributed by atoms with E-state index < -0.39 is 32.8 Å². The zero-order valence-electron chi connectivity index (χ0n) is 10.7. The van der Waals surface area contributed by atoms with Gasteiger partial charge >= 0.3 is 5.97 Å². The fourth-order valence-corrected chi connectivity index (χ4v) is 3.37. The molecule has 0 saturated carbocycles. The predicted octanol–water partition coefficient (Wildman–Crippen LogP) is 0.437. The van der Waals surface area contributed by atoms with Crippen LogP contribution in [-0.4, -0.2) is 49.6 Å². The molecule has 1 aromatic carbocycles. The van der Waals surface area contributed by atoms with Crippen molar-refractivity contribution in [2.75, 3.05) is 19.7 Å². The Bertz CT molecular complexity index is 713. The number of rotatable bonds is 3. The van der Waals surface area contributed by atoms with Gasteiger partial charge in [-0.2, -0.15) is 9.57 Å². The van der Waals surface area contributed by atoms with Crippen LogP contribution in [-0.2, 0) is 14.8 Å². The van der Waals surface area contributed by atoms with Gasteiger partial charge < -0.3 is 9.84 Å². The monoisotopic (exact) mass is 314 g/mol. The summed E-state index contributed by atoms with van der Waals surface area (Å²) in [6.45, 7) is -0.161. The van der Waals surface area contributed by atoms with Crippen LogP contribution in [0.5, 0.6) is 0 Å². The van der Waals surface area contributed by atoms with Crippen LogP contribution in [0.4, 0.5) is 4.39 Å². The Morgan fingerprint density at radius 2 is 2.24 bits per heavy atom. The molecule has 1 fully saturated rings. The average molecular weight is 314 g/mol. The molecule has 9 heteroatoms. The van der Waals surface area contributed by atoms with Crippen molar-refractivity contribution < 1.29 is 27.4 Å². The maximum atomic E-state index is 13.9. The average Bonchev–Trinajstić information content (AvgIpc) is 2.46. The zero-order valence-corrected chi connectivity index (χ0v) is 11.5. The highest BCUT2D eigenvalue weighted by Gasteiger charge is 2.32. The summed E-state index contributed by atoms with van der Waals surface area (Å²) < 4.78 is 44.5. The number of benzene rings is 1. The summed E-state index contributed by atoms with van der Waals surface area (Å²) in [5.74, 6) is -2.50. The first-order chi connectivity index (χ1) is 9.86. The number of carbonyl (C=O) groups is 1. The molecular formula is C12H11FN2O5S. The van der Waals surface area contributed by atoms with Crippen LogP contribution in [0.25, 0.3) is 0 Å². The molecule has 7 nitrogen and oxygen atoms in total. The molecule has 0 aromatic heterocycles. The van der Waals surface area contributed by atoms with E-state index in [1.807, 2.05) is 0 Å². The van der Waals surface area contributed by atoms with E-state index in [9.17, 15) is 17.6 Å². The molecule has 0 radical (unpaired) electrons. The van der Waals surface area contributed by atoms with Crippen molar-refractivity contribution in [3.8, 4) is 6.07 Å². The Labute approximate surface area is 120 Å². The Hall–Kier alpha value is -2.02. The minimum atomic E-state index is -4.14. The summed E-state index contributed by atoms with van der Waals surface area (Å²) >= 11 is 0. The maximum Gasteiger partial charge on any atom is 0.335 e. The van der Waals surface area contributed by atoms with Crippen molar-refractivity contribution in [1.82, 2.24) is 4.31 Å². The topological polar surface area (TPSA) is 108 Å². The number of morpholine rings is 1. The first-order valence-electron chi connectivity index (χ1n) is 5.90. The number of nitriles is 1. The van der Waals surface area contributed by atoms with Gasteiger partial charge in [-0.15, -0.1) is 0 Å². The standard InChI is InChI=1S/C12H11FN2O5S/c13-10-5-8(12(16)17)1-2-11(10)21(18,19)15-3-4-20-9(6-14)7-15/h1-2,5,9H,3-4,7H2,(H,16,17). The summed E-state index contributed by atoms with van der Waals surface area (Å²) in [6.07, 6.45) is -0.908. The van der Waals surface area contributed by atoms with Crippen molar-refractivity contribution >= 4 is 16.0 Å². The van der Waals surface area contributed by atoms with Gasteiger partial charge in [0.2, 0.25) is 10.0 Å². The highest BCUT2D eigenvalue weighted by atomic mass is 32.2. The summed E-state index contributed by atoms with van der Waals surface area (Å²) in [5, 5.41) is 17.5. The maximum absolute atomic E-state index is 13.9. The normalized spacial score (nSPS) is 19.9. The number of carboxylic acid groups (broad SMARTS) is 1. The lowest BCUT2D eigenvalue weighted by Crippen LogP contribution is -2.45. The number of ether oxygens (including phenoxy) is 1. The Morgan fingerprint density at radius 3 is 2.81 bits per heavy atom. The van der Waals surface area contributed by atoms with E-state index in [1.54, 1.807) is 6.07 Å². The minimum Gasteiger partial charge on any atom is -0.478 e. The van der Waals surface area contributed by atoms with Crippen LogP contribution in [0.15, 0.2) is 23.1 Å². The van der Waals surface area contributed by atoms with Gasteiger partial charge in [0.15, 0.2) is 6.10 Å². The highest BCUT2D eigenvalue weighted by molar-refractivity contribution is 7.89. The van der Waals surface area contributed by atoms with E-state index in [0.29, 0.717) is 6.07 Å². The zero-order chi connectivity index (χ0) is 15.6. The van der Waals surface area contributed by atoms with Crippen LogP contribution in [0.2, 0.25) is 0 Å². The van der Waals surface area contributed by atoms with Gasteiger partial charge in [0.05, 0.1) is 24.8 Å². The summed E-state index contributed by atoms with van der Waals surface area (Å²) in [7, 11) is -4.14. The molecule has 1 aliphatic rings. The van der Waals surface area contributed by atoms with Crippen LogP contribution in [0.1, 0.15) is 10.4 Å². The van der Waals surface area contributed by atoms with Crippen molar-refractivity contribution in [2.24, 2.45) is 0 Å². The molecule has 1 unspecified atom stereocenters. The van der Waals surface area contributed by atoms with Gasteiger partial charge in [-0.3, -0.25) is 0 Å². The van der Waals surface area contributed by atoms with Crippen LogP contribution >= 0.6 is 0 Å².